The molecule has 1 atom stereocenters. The van der Waals surface area contributed by atoms with Crippen LogP contribution in [0.4, 0.5) is 0 Å². The number of fused-ring (bicyclic) bond motifs is 1. The van der Waals surface area contributed by atoms with E-state index in [1.54, 1.807) is 4.57 Å². The van der Waals surface area contributed by atoms with Gasteiger partial charge in [0.05, 0.1) is 0 Å². The molecule has 0 saturated heterocycles. The summed E-state index contributed by atoms with van der Waals surface area (Å²) in [5.41, 5.74) is 5.38. The van der Waals surface area contributed by atoms with Crippen molar-refractivity contribution in [3.8, 4) is 5.75 Å². The molecule has 2 heterocycles. The summed E-state index contributed by atoms with van der Waals surface area (Å²) in [6, 6.07) is 9.10. The Hall–Kier alpha value is -3.09. The predicted octanol–water partition coefficient (Wildman–Crippen LogP) is 0.831. The molecule has 3 N–H and O–H groups in total. The van der Waals surface area contributed by atoms with Crippen molar-refractivity contribution in [3.05, 3.63) is 63.6 Å². The standard InChI is InChI=1S/C17H17N3O4/c1-10-7-19-17(23)13-15(24-9-11-5-3-2-4-6-11)14(21)12(16(18)22)8-20(10)13/h2-6,8,10H,7,9H2,1H3,(H2,18,22)(H,19,23). The van der Waals surface area contributed by atoms with E-state index in [2.05, 4.69) is 5.32 Å². The molecule has 0 saturated carbocycles. The van der Waals surface area contributed by atoms with Gasteiger partial charge in [0.1, 0.15) is 12.2 Å². The summed E-state index contributed by atoms with van der Waals surface area (Å²) in [5, 5.41) is 2.71. The van der Waals surface area contributed by atoms with Crippen molar-refractivity contribution in [2.75, 3.05) is 6.54 Å². The van der Waals surface area contributed by atoms with Gasteiger partial charge in [-0.3, -0.25) is 14.4 Å². The molecular weight excluding hydrogens is 310 g/mol. The summed E-state index contributed by atoms with van der Waals surface area (Å²) in [6.07, 6.45) is 1.33. The van der Waals surface area contributed by atoms with E-state index in [9.17, 15) is 14.4 Å². The number of pyridine rings is 1. The zero-order chi connectivity index (χ0) is 17.3. The van der Waals surface area contributed by atoms with Gasteiger partial charge < -0.3 is 20.4 Å². The number of nitrogens with one attached hydrogen (secondary N) is 1. The van der Waals surface area contributed by atoms with Crippen LogP contribution in [-0.4, -0.2) is 22.9 Å². The molecule has 2 amide bonds. The molecule has 7 heteroatoms. The van der Waals surface area contributed by atoms with Gasteiger partial charge in [-0.25, -0.2) is 0 Å². The van der Waals surface area contributed by atoms with Crippen LogP contribution < -0.4 is 21.2 Å². The highest BCUT2D eigenvalue weighted by molar-refractivity contribution is 5.98. The second-order valence-electron chi connectivity index (χ2n) is 5.65. The maximum Gasteiger partial charge on any atom is 0.272 e. The number of carbonyl (C=O) groups excluding carboxylic acids is 2. The zero-order valence-electron chi connectivity index (χ0n) is 13.1. The van der Waals surface area contributed by atoms with Gasteiger partial charge in [0.25, 0.3) is 11.8 Å². The number of aromatic nitrogens is 1. The van der Waals surface area contributed by atoms with E-state index >= 15 is 0 Å². The lowest BCUT2D eigenvalue weighted by Gasteiger charge is -2.27. The first-order valence-corrected chi connectivity index (χ1v) is 7.53. The Balaban J connectivity index is 2.10. The van der Waals surface area contributed by atoms with E-state index in [0.29, 0.717) is 6.54 Å². The van der Waals surface area contributed by atoms with Crippen molar-refractivity contribution in [1.82, 2.24) is 9.88 Å². The summed E-state index contributed by atoms with van der Waals surface area (Å²) < 4.78 is 7.20. The molecule has 0 spiro atoms. The monoisotopic (exact) mass is 327 g/mol. The summed E-state index contributed by atoms with van der Waals surface area (Å²) in [5.74, 6) is -1.42. The van der Waals surface area contributed by atoms with Crippen LogP contribution in [0.2, 0.25) is 0 Å². The Morgan fingerprint density at radius 2 is 2.04 bits per heavy atom. The van der Waals surface area contributed by atoms with Gasteiger partial charge in [0, 0.05) is 18.8 Å². The second-order valence-corrected chi connectivity index (χ2v) is 5.65. The van der Waals surface area contributed by atoms with E-state index in [1.807, 2.05) is 37.3 Å². The lowest BCUT2D eigenvalue weighted by molar-refractivity contribution is 0.0904. The van der Waals surface area contributed by atoms with Gasteiger partial charge in [-0.15, -0.1) is 0 Å². The third-order valence-electron chi connectivity index (χ3n) is 3.93. The number of ether oxygens (including phenoxy) is 1. The average Bonchev–Trinajstić information content (AvgIpc) is 2.57. The normalized spacial score (nSPS) is 16.2. The third kappa shape index (κ3) is 2.76. The van der Waals surface area contributed by atoms with Crippen LogP contribution in [0.3, 0.4) is 0 Å². The zero-order valence-corrected chi connectivity index (χ0v) is 13.1. The van der Waals surface area contributed by atoms with Gasteiger partial charge in [0.15, 0.2) is 11.4 Å². The third-order valence-corrected chi connectivity index (χ3v) is 3.93. The molecule has 1 aromatic heterocycles. The number of benzene rings is 1. The number of hydrogen-bond acceptors (Lipinski definition) is 4. The Labute approximate surface area is 138 Å². The van der Waals surface area contributed by atoms with Crippen molar-refractivity contribution in [2.24, 2.45) is 5.73 Å². The van der Waals surface area contributed by atoms with Crippen molar-refractivity contribution in [3.63, 3.8) is 0 Å². The Morgan fingerprint density at radius 1 is 1.33 bits per heavy atom. The highest BCUT2D eigenvalue weighted by Gasteiger charge is 2.29. The minimum Gasteiger partial charge on any atom is -0.483 e. The first kappa shape index (κ1) is 15.8. The van der Waals surface area contributed by atoms with E-state index in [0.717, 1.165) is 5.56 Å². The fraction of sp³-hybridized carbons (Fsp3) is 0.235. The lowest BCUT2D eigenvalue weighted by atomic mass is 10.1. The van der Waals surface area contributed by atoms with Crippen LogP contribution in [0.5, 0.6) is 5.75 Å². The van der Waals surface area contributed by atoms with Crippen molar-refractivity contribution in [2.45, 2.75) is 19.6 Å². The van der Waals surface area contributed by atoms with Crippen LogP contribution in [0, 0.1) is 0 Å². The second kappa shape index (κ2) is 6.19. The fourth-order valence-corrected chi connectivity index (χ4v) is 2.64. The van der Waals surface area contributed by atoms with Crippen LogP contribution in [0.15, 0.2) is 41.3 Å². The molecule has 1 aliphatic heterocycles. The molecule has 1 aromatic carbocycles. The molecule has 0 fully saturated rings. The quantitative estimate of drug-likeness (QED) is 0.868. The van der Waals surface area contributed by atoms with E-state index in [-0.39, 0.29) is 29.7 Å². The first-order chi connectivity index (χ1) is 11.5. The summed E-state index contributed by atoms with van der Waals surface area (Å²) in [6.45, 7) is 2.36. The molecule has 1 aliphatic rings. The molecule has 7 nitrogen and oxygen atoms in total. The summed E-state index contributed by atoms with van der Waals surface area (Å²) in [4.78, 5) is 36.3. The molecule has 24 heavy (non-hydrogen) atoms. The maximum atomic E-state index is 12.5. The number of nitrogens with two attached hydrogens (primary N) is 1. The highest BCUT2D eigenvalue weighted by Crippen LogP contribution is 2.23. The van der Waals surface area contributed by atoms with Gasteiger partial charge in [-0.05, 0) is 12.5 Å². The fourth-order valence-electron chi connectivity index (χ4n) is 2.64. The summed E-state index contributed by atoms with van der Waals surface area (Å²) in [7, 11) is 0. The van der Waals surface area contributed by atoms with Gasteiger partial charge in [0.2, 0.25) is 5.43 Å². The van der Waals surface area contributed by atoms with E-state index in [1.165, 1.54) is 6.20 Å². The lowest BCUT2D eigenvalue weighted by Crippen LogP contribution is -2.41. The molecule has 2 aromatic rings. The number of amides is 2. The summed E-state index contributed by atoms with van der Waals surface area (Å²) >= 11 is 0. The Kier molecular flexibility index (Phi) is 4.07. The number of nitrogens with zero attached hydrogens (tertiary/aromatic N) is 1. The van der Waals surface area contributed by atoms with Crippen molar-refractivity contribution in [1.29, 1.82) is 0 Å². The van der Waals surface area contributed by atoms with Crippen LogP contribution >= 0.6 is 0 Å². The van der Waals surface area contributed by atoms with E-state index < -0.39 is 17.2 Å². The molecule has 1 unspecified atom stereocenters. The molecule has 0 bridgehead atoms. The van der Waals surface area contributed by atoms with Gasteiger partial charge >= 0.3 is 0 Å². The molecule has 0 aliphatic carbocycles. The number of rotatable bonds is 4. The van der Waals surface area contributed by atoms with Gasteiger partial charge in [-0.1, -0.05) is 30.3 Å². The van der Waals surface area contributed by atoms with Crippen LogP contribution in [0.1, 0.15) is 39.4 Å². The van der Waals surface area contributed by atoms with Crippen molar-refractivity contribution < 1.29 is 14.3 Å². The van der Waals surface area contributed by atoms with E-state index in [4.69, 9.17) is 10.5 Å². The topological polar surface area (TPSA) is 103 Å². The number of hydrogen-bond donors (Lipinski definition) is 2. The number of carbonyl (C=O) groups is 2. The molecule has 124 valence electrons. The Morgan fingerprint density at radius 3 is 2.71 bits per heavy atom. The maximum absolute atomic E-state index is 12.5. The first-order valence-electron chi connectivity index (χ1n) is 7.53. The molecular formula is C17H17N3O4. The molecule has 0 radical (unpaired) electrons. The van der Waals surface area contributed by atoms with Crippen molar-refractivity contribution >= 4 is 11.8 Å². The van der Waals surface area contributed by atoms with Gasteiger partial charge in [-0.2, -0.15) is 0 Å². The largest absolute Gasteiger partial charge is 0.483 e. The minimum absolute atomic E-state index is 0.104. The molecule has 3 rings (SSSR count). The average molecular weight is 327 g/mol. The van der Waals surface area contributed by atoms with Crippen LogP contribution in [-0.2, 0) is 6.61 Å². The van der Waals surface area contributed by atoms with Crippen LogP contribution in [0.25, 0.3) is 0 Å². The smallest absolute Gasteiger partial charge is 0.272 e. The number of primary amides is 1. The SMILES string of the molecule is CC1CNC(=O)c2c(OCc3ccccc3)c(=O)c(C(N)=O)cn21. The Bertz CT molecular complexity index is 858. The predicted molar refractivity (Wildman–Crippen MR) is 87.0 cm³/mol. The minimum atomic E-state index is -0.849. The highest BCUT2D eigenvalue weighted by atomic mass is 16.5.